The van der Waals surface area contributed by atoms with Gasteiger partial charge >= 0.3 is 11.8 Å². The number of amides is 2. The van der Waals surface area contributed by atoms with E-state index in [1.54, 1.807) is 24.3 Å². The zero-order chi connectivity index (χ0) is 15.1. The third kappa shape index (κ3) is 4.43. The van der Waals surface area contributed by atoms with Crippen molar-refractivity contribution in [1.29, 1.82) is 0 Å². The molecule has 0 unspecified atom stereocenters. The molecule has 2 rings (SSSR count). The van der Waals surface area contributed by atoms with Crippen LogP contribution < -0.4 is 16.4 Å². The lowest BCUT2D eigenvalue weighted by atomic mass is 10.1. The summed E-state index contributed by atoms with van der Waals surface area (Å²) in [6, 6.07) is 16.4. The summed E-state index contributed by atoms with van der Waals surface area (Å²) in [5, 5.41) is 5.11. The molecule has 5 nitrogen and oxygen atoms in total. The van der Waals surface area contributed by atoms with Gasteiger partial charge < -0.3 is 16.4 Å². The summed E-state index contributed by atoms with van der Waals surface area (Å²) in [4.78, 5) is 23.4. The highest BCUT2D eigenvalue weighted by Gasteiger charge is 2.12. The van der Waals surface area contributed by atoms with E-state index in [0.717, 1.165) is 11.1 Å². The van der Waals surface area contributed by atoms with Crippen molar-refractivity contribution in [1.82, 2.24) is 5.32 Å². The summed E-state index contributed by atoms with van der Waals surface area (Å²) in [7, 11) is 0. The standard InChI is InChI=1S/C16H17N3O2/c17-10-12-5-4-6-13(9-12)11-18-15(20)16(21)19-14-7-2-1-3-8-14/h1-9H,10-11,17H2,(H,18,20)(H,19,21). The highest BCUT2D eigenvalue weighted by atomic mass is 16.2. The molecule has 0 radical (unpaired) electrons. The first-order chi connectivity index (χ1) is 10.2. The molecule has 5 heteroatoms. The molecule has 0 saturated heterocycles. The Morgan fingerprint density at radius 2 is 1.62 bits per heavy atom. The zero-order valence-electron chi connectivity index (χ0n) is 11.5. The fourth-order valence-corrected chi connectivity index (χ4v) is 1.84. The van der Waals surface area contributed by atoms with Crippen molar-refractivity contribution in [2.24, 2.45) is 5.73 Å². The van der Waals surface area contributed by atoms with Gasteiger partial charge in [0.25, 0.3) is 0 Å². The Morgan fingerprint density at radius 1 is 0.905 bits per heavy atom. The van der Waals surface area contributed by atoms with E-state index < -0.39 is 11.8 Å². The van der Waals surface area contributed by atoms with E-state index in [9.17, 15) is 9.59 Å². The average Bonchev–Trinajstić information content (AvgIpc) is 2.53. The maximum atomic E-state index is 11.7. The Morgan fingerprint density at radius 3 is 2.33 bits per heavy atom. The van der Waals surface area contributed by atoms with Gasteiger partial charge in [-0.15, -0.1) is 0 Å². The SMILES string of the molecule is NCc1cccc(CNC(=O)C(=O)Nc2ccccc2)c1. The van der Waals surface area contributed by atoms with Crippen LogP contribution in [0.1, 0.15) is 11.1 Å². The molecule has 0 aliphatic heterocycles. The highest BCUT2D eigenvalue weighted by molar-refractivity contribution is 6.39. The normalized spacial score (nSPS) is 9.95. The fourth-order valence-electron chi connectivity index (χ4n) is 1.84. The van der Waals surface area contributed by atoms with E-state index in [1.165, 1.54) is 0 Å². The molecule has 0 spiro atoms. The largest absolute Gasteiger partial charge is 0.344 e. The second-order valence-electron chi connectivity index (χ2n) is 4.53. The summed E-state index contributed by atoms with van der Waals surface area (Å²) in [6.07, 6.45) is 0. The van der Waals surface area contributed by atoms with Crippen molar-refractivity contribution < 1.29 is 9.59 Å². The minimum absolute atomic E-state index is 0.287. The molecule has 0 aromatic heterocycles. The first-order valence-electron chi connectivity index (χ1n) is 6.61. The van der Waals surface area contributed by atoms with Crippen LogP contribution in [0.5, 0.6) is 0 Å². The Balaban J connectivity index is 1.87. The number of carbonyl (C=O) groups is 2. The van der Waals surface area contributed by atoms with Crippen LogP contribution in [0.3, 0.4) is 0 Å². The molecule has 0 aliphatic rings. The maximum absolute atomic E-state index is 11.7. The second-order valence-corrected chi connectivity index (χ2v) is 4.53. The van der Waals surface area contributed by atoms with Crippen molar-refractivity contribution in [2.45, 2.75) is 13.1 Å². The number of benzene rings is 2. The van der Waals surface area contributed by atoms with Crippen LogP contribution in [-0.4, -0.2) is 11.8 Å². The molecule has 0 atom stereocenters. The minimum atomic E-state index is -0.684. The van der Waals surface area contributed by atoms with E-state index >= 15 is 0 Å². The maximum Gasteiger partial charge on any atom is 0.313 e. The van der Waals surface area contributed by atoms with Crippen molar-refractivity contribution in [3.05, 3.63) is 65.7 Å². The van der Waals surface area contributed by atoms with Crippen molar-refractivity contribution in [3.63, 3.8) is 0 Å². The minimum Gasteiger partial charge on any atom is -0.344 e. The van der Waals surface area contributed by atoms with Crippen molar-refractivity contribution in [3.8, 4) is 0 Å². The summed E-state index contributed by atoms with van der Waals surface area (Å²) in [5.41, 5.74) is 8.03. The predicted molar refractivity (Wildman–Crippen MR) is 81.3 cm³/mol. The zero-order valence-corrected chi connectivity index (χ0v) is 11.5. The van der Waals surface area contributed by atoms with Gasteiger partial charge in [-0.05, 0) is 23.3 Å². The van der Waals surface area contributed by atoms with Gasteiger partial charge in [0.05, 0.1) is 0 Å². The van der Waals surface area contributed by atoms with E-state index in [4.69, 9.17) is 5.73 Å². The van der Waals surface area contributed by atoms with Gasteiger partial charge in [0, 0.05) is 18.8 Å². The molecule has 21 heavy (non-hydrogen) atoms. The van der Waals surface area contributed by atoms with E-state index in [1.807, 2.05) is 30.3 Å². The topological polar surface area (TPSA) is 84.2 Å². The van der Waals surface area contributed by atoms with Crippen LogP contribution in [0.2, 0.25) is 0 Å². The van der Waals surface area contributed by atoms with Crippen molar-refractivity contribution in [2.75, 3.05) is 5.32 Å². The van der Waals surface area contributed by atoms with Crippen LogP contribution in [0, 0.1) is 0 Å². The Bertz CT molecular complexity index is 626. The fraction of sp³-hybridized carbons (Fsp3) is 0.125. The molecule has 4 N–H and O–H groups in total. The van der Waals surface area contributed by atoms with Crippen molar-refractivity contribution >= 4 is 17.5 Å². The van der Waals surface area contributed by atoms with Gasteiger partial charge in [-0.1, -0.05) is 42.5 Å². The average molecular weight is 283 g/mol. The molecule has 2 amide bonds. The molecular formula is C16H17N3O2. The van der Waals surface area contributed by atoms with Gasteiger partial charge in [-0.25, -0.2) is 0 Å². The molecule has 2 aromatic carbocycles. The van der Waals surface area contributed by atoms with E-state index in [-0.39, 0.29) is 6.54 Å². The molecule has 0 heterocycles. The molecule has 108 valence electrons. The third-order valence-electron chi connectivity index (χ3n) is 2.92. The monoisotopic (exact) mass is 283 g/mol. The van der Waals surface area contributed by atoms with Gasteiger partial charge in [-0.2, -0.15) is 0 Å². The lowest BCUT2D eigenvalue weighted by Gasteiger charge is -2.07. The molecule has 0 aliphatic carbocycles. The predicted octanol–water partition coefficient (Wildman–Crippen LogP) is 1.40. The van der Waals surface area contributed by atoms with Crippen LogP contribution in [0.25, 0.3) is 0 Å². The van der Waals surface area contributed by atoms with E-state index in [0.29, 0.717) is 12.2 Å². The number of carbonyl (C=O) groups excluding carboxylic acids is 2. The highest BCUT2D eigenvalue weighted by Crippen LogP contribution is 2.05. The van der Waals surface area contributed by atoms with Crippen LogP contribution in [0.15, 0.2) is 54.6 Å². The molecule has 0 fully saturated rings. The number of anilines is 1. The second kappa shape index (κ2) is 7.21. The first-order valence-corrected chi connectivity index (χ1v) is 6.61. The van der Waals surface area contributed by atoms with Crippen LogP contribution in [-0.2, 0) is 22.7 Å². The molecular weight excluding hydrogens is 266 g/mol. The number of hydrogen-bond acceptors (Lipinski definition) is 3. The lowest BCUT2D eigenvalue weighted by Crippen LogP contribution is -2.34. The third-order valence-corrected chi connectivity index (χ3v) is 2.92. The van der Waals surface area contributed by atoms with Gasteiger partial charge in [0.15, 0.2) is 0 Å². The number of para-hydroxylation sites is 1. The van der Waals surface area contributed by atoms with Gasteiger partial charge in [0.2, 0.25) is 0 Å². The smallest absolute Gasteiger partial charge is 0.313 e. The molecule has 0 saturated carbocycles. The Hall–Kier alpha value is -2.66. The quantitative estimate of drug-likeness (QED) is 0.742. The first kappa shape index (κ1) is 14.7. The van der Waals surface area contributed by atoms with E-state index in [2.05, 4.69) is 10.6 Å². The Kier molecular flexibility index (Phi) is 5.06. The summed E-state index contributed by atoms with van der Waals surface area (Å²) in [5.74, 6) is -1.35. The summed E-state index contributed by atoms with van der Waals surface area (Å²) in [6.45, 7) is 0.727. The van der Waals surface area contributed by atoms with Crippen LogP contribution >= 0.6 is 0 Å². The van der Waals surface area contributed by atoms with Gasteiger partial charge in [-0.3, -0.25) is 9.59 Å². The molecule has 2 aromatic rings. The number of hydrogen-bond donors (Lipinski definition) is 3. The van der Waals surface area contributed by atoms with Crippen LogP contribution in [0.4, 0.5) is 5.69 Å². The van der Waals surface area contributed by atoms with Gasteiger partial charge in [0.1, 0.15) is 0 Å². The number of nitrogens with two attached hydrogens (primary N) is 1. The Labute approximate surface area is 123 Å². The number of nitrogens with one attached hydrogen (secondary N) is 2. The summed E-state index contributed by atoms with van der Waals surface area (Å²) < 4.78 is 0. The lowest BCUT2D eigenvalue weighted by molar-refractivity contribution is -0.136. The number of rotatable bonds is 4. The molecule has 0 bridgehead atoms. The summed E-state index contributed by atoms with van der Waals surface area (Å²) >= 11 is 0.